The number of phenolic OH excluding ortho intramolecular Hbond substituents is 1. The third kappa shape index (κ3) is 2.61. The molecule has 1 fully saturated rings. The lowest BCUT2D eigenvalue weighted by molar-refractivity contribution is 0.0864. The Labute approximate surface area is 117 Å². The molecule has 0 radical (unpaired) electrons. The Balaban J connectivity index is 1.44. The Kier molecular flexibility index (Phi) is 3.33. The molecule has 0 saturated carbocycles. The first kappa shape index (κ1) is 12.6. The van der Waals surface area contributed by atoms with Gasteiger partial charge in [0.25, 0.3) is 0 Å². The SMILES string of the molecule is O=C(N1CC(COc2ccc(O)cc2)C1)n1cccc1. The zero-order chi connectivity index (χ0) is 13.9. The number of hydrogen-bond donors (Lipinski definition) is 1. The average molecular weight is 272 g/mol. The smallest absolute Gasteiger partial charge is 0.328 e. The molecular weight excluding hydrogens is 256 g/mol. The van der Waals surface area contributed by atoms with Crippen molar-refractivity contribution in [2.75, 3.05) is 19.7 Å². The summed E-state index contributed by atoms with van der Waals surface area (Å²) in [5, 5.41) is 9.18. The molecule has 3 rings (SSSR count). The van der Waals surface area contributed by atoms with Gasteiger partial charge in [0.1, 0.15) is 11.5 Å². The summed E-state index contributed by atoms with van der Waals surface area (Å²) in [5.74, 6) is 1.32. The number of rotatable bonds is 3. The molecule has 2 heterocycles. The van der Waals surface area contributed by atoms with E-state index in [1.165, 1.54) is 0 Å². The molecule has 0 atom stereocenters. The molecule has 0 bridgehead atoms. The Bertz CT molecular complexity index is 572. The normalized spacial score (nSPS) is 14.9. The van der Waals surface area contributed by atoms with Crippen molar-refractivity contribution in [3.05, 3.63) is 48.8 Å². The van der Waals surface area contributed by atoms with Crippen molar-refractivity contribution < 1.29 is 14.6 Å². The van der Waals surface area contributed by atoms with Crippen molar-refractivity contribution in [3.8, 4) is 11.5 Å². The maximum Gasteiger partial charge on any atom is 0.328 e. The molecule has 1 aliphatic heterocycles. The zero-order valence-corrected chi connectivity index (χ0v) is 11.0. The molecule has 0 unspecified atom stereocenters. The average Bonchev–Trinajstić information content (AvgIpc) is 2.92. The molecular formula is C15H16N2O3. The fourth-order valence-electron chi connectivity index (χ4n) is 2.21. The largest absolute Gasteiger partial charge is 0.508 e. The van der Waals surface area contributed by atoms with E-state index < -0.39 is 0 Å². The standard InChI is InChI=1S/C15H16N2O3/c18-13-3-5-14(6-4-13)20-11-12-9-17(10-12)15(19)16-7-1-2-8-16/h1-8,12,18H,9-11H2. The predicted octanol–water partition coefficient (Wildman–Crippen LogP) is 2.17. The minimum absolute atomic E-state index is 0.0101. The summed E-state index contributed by atoms with van der Waals surface area (Å²) in [6.07, 6.45) is 3.51. The van der Waals surface area contributed by atoms with Crippen LogP contribution >= 0.6 is 0 Å². The molecule has 1 saturated heterocycles. The van der Waals surface area contributed by atoms with Crippen LogP contribution in [-0.4, -0.2) is 40.3 Å². The highest BCUT2D eigenvalue weighted by atomic mass is 16.5. The second-order valence-electron chi connectivity index (χ2n) is 4.95. The van der Waals surface area contributed by atoms with Crippen molar-refractivity contribution >= 4 is 6.03 Å². The number of hydrogen-bond acceptors (Lipinski definition) is 3. The number of amides is 1. The van der Waals surface area contributed by atoms with Crippen molar-refractivity contribution in [2.45, 2.75) is 0 Å². The Morgan fingerprint density at radius 2 is 1.85 bits per heavy atom. The first-order valence-electron chi connectivity index (χ1n) is 6.56. The molecule has 1 aromatic carbocycles. The zero-order valence-electron chi connectivity index (χ0n) is 11.0. The van der Waals surface area contributed by atoms with Crippen molar-refractivity contribution in [3.63, 3.8) is 0 Å². The molecule has 5 nitrogen and oxygen atoms in total. The van der Waals surface area contributed by atoms with Crippen LogP contribution in [0.3, 0.4) is 0 Å². The monoisotopic (exact) mass is 272 g/mol. The number of aromatic nitrogens is 1. The van der Waals surface area contributed by atoms with Gasteiger partial charge >= 0.3 is 6.03 Å². The van der Waals surface area contributed by atoms with Crippen LogP contribution in [0.25, 0.3) is 0 Å². The third-order valence-corrected chi connectivity index (χ3v) is 3.38. The maximum absolute atomic E-state index is 12.0. The number of likely N-dealkylation sites (tertiary alicyclic amines) is 1. The van der Waals surface area contributed by atoms with E-state index in [1.807, 2.05) is 12.1 Å². The first-order chi connectivity index (χ1) is 9.72. The van der Waals surface area contributed by atoms with Gasteiger partial charge in [0, 0.05) is 31.4 Å². The lowest BCUT2D eigenvalue weighted by Crippen LogP contribution is -2.53. The summed E-state index contributed by atoms with van der Waals surface area (Å²) in [4.78, 5) is 13.8. The number of ether oxygens (including phenoxy) is 1. The summed E-state index contributed by atoms with van der Waals surface area (Å²) in [5.41, 5.74) is 0. The van der Waals surface area contributed by atoms with Gasteiger partial charge in [-0.05, 0) is 36.4 Å². The van der Waals surface area contributed by atoms with E-state index in [9.17, 15) is 9.90 Å². The second-order valence-corrected chi connectivity index (χ2v) is 4.95. The van der Waals surface area contributed by atoms with E-state index in [0.717, 1.165) is 18.8 Å². The number of carbonyl (C=O) groups is 1. The Morgan fingerprint density at radius 3 is 2.50 bits per heavy atom. The fraction of sp³-hybridized carbons (Fsp3) is 0.267. The number of nitrogens with zero attached hydrogens (tertiary/aromatic N) is 2. The number of aromatic hydroxyl groups is 1. The molecule has 0 aliphatic carbocycles. The fourth-order valence-corrected chi connectivity index (χ4v) is 2.21. The summed E-state index contributed by atoms with van der Waals surface area (Å²) in [6.45, 7) is 2.02. The minimum Gasteiger partial charge on any atom is -0.508 e. The number of benzene rings is 1. The van der Waals surface area contributed by atoms with Crippen LogP contribution < -0.4 is 4.74 Å². The summed E-state index contributed by atoms with van der Waals surface area (Å²) in [7, 11) is 0. The van der Waals surface area contributed by atoms with Gasteiger partial charge in [-0.3, -0.25) is 4.57 Å². The third-order valence-electron chi connectivity index (χ3n) is 3.38. The van der Waals surface area contributed by atoms with Crippen LogP contribution in [-0.2, 0) is 0 Å². The molecule has 1 aromatic heterocycles. The van der Waals surface area contributed by atoms with E-state index >= 15 is 0 Å². The number of phenols is 1. The molecule has 104 valence electrons. The van der Waals surface area contributed by atoms with Gasteiger partial charge in [0.05, 0.1) is 6.61 Å². The molecule has 1 aliphatic rings. The maximum atomic E-state index is 12.0. The lowest BCUT2D eigenvalue weighted by atomic mass is 10.0. The first-order valence-corrected chi connectivity index (χ1v) is 6.56. The van der Waals surface area contributed by atoms with Crippen LogP contribution in [0.2, 0.25) is 0 Å². The van der Waals surface area contributed by atoms with Crippen LogP contribution in [0.5, 0.6) is 11.5 Å². The second kappa shape index (κ2) is 5.28. The highest BCUT2D eigenvalue weighted by Crippen LogP contribution is 2.20. The highest BCUT2D eigenvalue weighted by molar-refractivity contribution is 5.77. The van der Waals surface area contributed by atoms with Crippen LogP contribution in [0.1, 0.15) is 0 Å². The minimum atomic E-state index is 0.0101. The van der Waals surface area contributed by atoms with Gasteiger partial charge in [-0.15, -0.1) is 0 Å². The predicted molar refractivity (Wildman–Crippen MR) is 73.9 cm³/mol. The van der Waals surface area contributed by atoms with E-state index in [2.05, 4.69) is 0 Å². The van der Waals surface area contributed by atoms with E-state index in [1.54, 1.807) is 46.1 Å². The van der Waals surface area contributed by atoms with Gasteiger partial charge in [0.2, 0.25) is 0 Å². The van der Waals surface area contributed by atoms with Gasteiger partial charge in [0.15, 0.2) is 0 Å². The molecule has 0 spiro atoms. The molecule has 2 aromatic rings. The van der Waals surface area contributed by atoms with E-state index in [-0.39, 0.29) is 11.8 Å². The molecule has 1 amide bonds. The lowest BCUT2D eigenvalue weighted by Gasteiger charge is -2.38. The van der Waals surface area contributed by atoms with Crippen molar-refractivity contribution in [2.24, 2.45) is 5.92 Å². The summed E-state index contributed by atoms with van der Waals surface area (Å²) in [6, 6.07) is 10.3. The van der Waals surface area contributed by atoms with Gasteiger partial charge in [-0.25, -0.2) is 4.79 Å². The number of carbonyl (C=O) groups excluding carboxylic acids is 1. The molecule has 5 heteroatoms. The van der Waals surface area contributed by atoms with Gasteiger partial charge < -0.3 is 14.7 Å². The van der Waals surface area contributed by atoms with Crippen molar-refractivity contribution in [1.82, 2.24) is 9.47 Å². The highest BCUT2D eigenvalue weighted by Gasteiger charge is 2.31. The summed E-state index contributed by atoms with van der Waals surface area (Å²) < 4.78 is 7.21. The van der Waals surface area contributed by atoms with Crippen molar-refractivity contribution in [1.29, 1.82) is 0 Å². The Morgan fingerprint density at radius 1 is 1.20 bits per heavy atom. The van der Waals surface area contributed by atoms with Gasteiger partial charge in [-0.2, -0.15) is 0 Å². The quantitative estimate of drug-likeness (QED) is 0.931. The van der Waals surface area contributed by atoms with E-state index in [4.69, 9.17) is 4.74 Å². The molecule has 20 heavy (non-hydrogen) atoms. The Hall–Kier alpha value is -2.43. The van der Waals surface area contributed by atoms with Crippen LogP contribution in [0, 0.1) is 5.92 Å². The van der Waals surface area contributed by atoms with Crippen LogP contribution in [0.4, 0.5) is 4.79 Å². The topological polar surface area (TPSA) is 54.7 Å². The summed E-state index contributed by atoms with van der Waals surface area (Å²) >= 11 is 0. The van der Waals surface area contributed by atoms with Crippen LogP contribution in [0.15, 0.2) is 48.8 Å². The molecule has 1 N–H and O–H groups in total. The van der Waals surface area contributed by atoms with E-state index in [0.29, 0.717) is 12.5 Å². The van der Waals surface area contributed by atoms with Gasteiger partial charge in [-0.1, -0.05) is 0 Å².